The van der Waals surface area contributed by atoms with E-state index in [1.54, 1.807) is 6.92 Å². The van der Waals surface area contributed by atoms with E-state index in [1.807, 2.05) is 30.3 Å². The summed E-state index contributed by atoms with van der Waals surface area (Å²) >= 11 is 1.05. The Labute approximate surface area is 213 Å². The normalized spacial score (nSPS) is 15.4. The van der Waals surface area contributed by atoms with Crippen LogP contribution in [0.25, 0.3) is 6.08 Å². The number of carbonyl (C=O) groups excluding carboxylic acids is 1. The second-order valence-electron chi connectivity index (χ2n) is 8.37. The fraction of sp³-hybridized carbons (Fsp3) is 0.107. The molecule has 0 aliphatic carbocycles. The Hall–Kier alpha value is -4.24. The van der Waals surface area contributed by atoms with Crippen molar-refractivity contribution >= 4 is 23.4 Å². The predicted octanol–water partition coefficient (Wildman–Crippen LogP) is 4.40. The molecule has 9 heteroatoms. The average Bonchev–Trinajstić information content (AvgIpc) is 3.19. The third-order valence-corrected chi connectivity index (χ3v) is 6.86. The van der Waals surface area contributed by atoms with Gasteiger partial charge in [-0.25, -0.2) is 23.0 Å². The summed E-state index contributed by atoms with van der Waals surface area (Å²) in [6, 6.07) is 17.0. The van der Waals surface area contributed by atoms with Crippen LogP contribution >= 0.6 is 11.3 Å². The fourth-order valence-corrected chi connectivity index (χ4v) is 5.14. The zero-order valence-corrected chi connectivity index (χ0v) is 20.3. The molecule has 5 rings (SSSR count). The summed E-state index contributed by atoms with van der Waals surface area (Å²) in [6.45, 7) is 1.66. The Balaban J connectivity index is 1.62. The van der Waals surface area contributed by atoms with Crippen LogP contribution in [0.2, 0.25) is 0 Å². The lowest BCUT2D eigenvalue weighted by atomic mass is 9.96. The number of hydrogen-bond acceptors (Lipinski definition) is 5. The van der Waals surface area contributed by atoms with E-state index in [9.17, 15) is 22.8 Å². The molecule has 4 aromatic rings. The van der Waals surface area contributed by atoms with E-state index in [0.29, 0.717) is 21.6 Å². The number of allylic oxidation sites excluding steroid dienone is 1. The van der Waals surface area contributed by atoms with Crippen LogP contribution in [-0.4, -0.2) is 10.5 Å². The van der Waals surface area contributed by atoms with E-state index in [1.165, 1.54) is 41.0 Å². The molecule has 0 bridgehead atoms. The summed E-state index contributed by atoms with van der Waals surface area (Å²) in [5, 5.41) is 0. The Morgan fingerprint density at radius 3 is 2.46 bits per heavy atom. The molecular formula is C28H19F3N2O3S. The molecule has 0 radical (unpaired) electrons. The first-order valence-electron chi connectivity index (χ1n) is 11.3. The summed E-state index contributed by atoms with van der Waals surface area (Å²) < 4.78 is 47.9. The molecule has 0 spiro atoms. The smallest absolute Gasteiger partial charge is 0.338 e. The van der Waals surface area contributed by atoms with Crippen LogP contribution in [0.3, 0.4) is 0 Å². The van der Waals surface area contributed by atoms with Crippen molar-refractivity contribution in [3.8, 4) is 0 Å². The number of thiazole rings is 1. The summed E-state index contributed by atoms with van der Waals surface area (Å²) in [6.07, 6.45) is 1.43. The van der Waals surface area contributed by atoms with Gasteiger partial charge in [0.25, 0.3) is 5.56 Å². The quantitative estimate of drug-likeness (QED) is 0.367. The van der Waals surface area contributed by atoms with Crippen LogP contribution in [0.4, 0.5) is 13.2 Å². The SMILES string of the molecule is CC1=C(C(=O)OCc2ccccc2)[C@@H](c2ccc(F)cc2)n2c(s/c(=C\c3ccc(F)c(F)c3)c2=O)=N1. The lowest BCUT2D eigenvalue weighted by Crippen LogP contribution is -2.39. The number of aromatic nitrogens is 1. The number of nitrogens with zero attached hydrogens (tertiary/aromatic N) is 2. The predicted molar refractivity (Wildman–Crippen MR) is 133 cm³/mol. The minimum absolute atomic E-state index is 0.0210. The summed E-state index contributed by atoms with van der Waals surface area (Å²) in [7, 11) is 0. The van der Waals surface area contributed by atoms with Gasteiger partial charge < -0.3 is 4.74 Å². The fourth-order valence-electron chi connectivity index (χ4n) is 4.10. The average molecular weight is 521 g/mol. The summed E-state index contributed by atoms with van der Waals surface area (Å²) in [4.78, 5) is 31.6. The largest absolute Gasteiger partial charge is 0.457 e. The van der Waals surface area contributed by atoms with Gasteiger partial charge in [0.15, 0.2) is 16.4 Å². The molecule has 0 N–H and O–H groups in total. The highest BCUT2D eigenvalue weighted by molar-refractivity contribution is 7.07. The molecule has 1 atom stereocenters. The van der Waals surface area contributed by atoms with Crippen LogP contribution < -0.4 is 14.9 Å². The maximum atomic E-state index is 13.7. The van der Waals surface area contributed by atoms with E-state index < -0.39 is 35.0 Å². The van der Waals surface area contributed by atoms with Gasteiger partial charge in [-0.2, -0.15) is 0 Å². The number of halogens is 3. The molecule has 0 saturated heterocycles. The Kier molecular flexibility index (Phi) is 6.62. The second kappa shape index (κ2) is 10.0. The van der Waals surface area contributed by atoms with Crippen molar-refractivity contribution in [3.05, 3.63) is 138 Å². The van der Waals surface area contributed by atoms with Crippen LogP contribution in [0.15, 0.2) is 93.9 Å². The number of rotatable bonds is 5. The lowest BCUT2D eigenvalue weighted by molar-refractivity contribution is -0.140. The molecule has 0 amide bonds. The highest BCUT2D eigenvalue weighted by Gasteiger charge is 2.33. The van der Waals surface area contributed by atoms with Crippen molar-refractivity contribution < 1.29 is 22.7 Å². The van der Waals surface area contributed by atoms with E-state index in [0.717, 1.165) is 29.0 Å². The van der Waals surface area contributed by atoms with Crippen molar-refractivity contribution in [3.63, 3.8) is 0 Å². The van der Waals surface area contributed by atoms with E-state index in [4.69, 9.17) is 4.74 Å². The number of esters is 1. The third-order valence-electron chi connectivity index (χ3n) is 5.88. The van der Waals surface area contributed by atoms with Crippen molar-refractivity contribution in [2.24, 2.45) is 4.99 Å². The van der Waals surface area contributed by atoms with Crippen LogP contribution in [0.1, 0.15) is 29.7 Å². The first-order chi connectivity index (χ1) is 17.8. The van der Waals surface area contributed by atoms with Gasteiger partial charge in [-0.15, -0.1) is 0 Å². The molecule has 0 unspecified atom stereocenters. The van der Waals surface area contributed by atoms with Crippen LogP contribution in [0.5, 0.6) is 0 Å². The molecule has 1 aliphatic heterocycles. The standard InChI is InChI=1S/C28H19F3N2O3S/c1-16-24(27(35)36-15-17-5-3-2-4-6-17)25(19-8-10-20(29)11-9-19)33-26(34)23(37-28(33)32-16)14-18-7-12-21(30)22(31)13-18/h2-14,25H,15H2,1H3/b23-14-/t25-/m1/s1. The second-order valence-corrected chi connectivity index (χ2v) is 9.38. The van der Waals surface area contributed by atoms with Crippen molar-refractivity contribution in [1.29, 1.82) is 0 Å². The van der Waals surface area contributed by atoms with E-state index >= 15 is 0 Å². The molecule has 1 aliphatic rings. The van der Waals surface area contributed by atoms with Gasteiger partial charge in [0.2, 0.25) is 0 Å². The number of fused-ring (bicyclic) bond motifs is 1. The minimum Gasteiger partial charge on any atom is -0.457 e. The molecule has 1 aromatic heterocycles. The van der Waals surface area contributed by atoms with Gasteiger partial charge in [-0.3, -0.25) is 9.36 Å². The van der Waals surface area contributed by atoms with Crippen molar-refractivity contribution in [2.45, 2.75) is 19.6 Å². The maximum absolute atomic E-state index is 13.7. The van der Waals surface area contributed by atoms with E-state index in [-0.39, 0.29) is 16.7 Å². The molecule has 5 nitrogen and oxygen atoms in total. The molecule has 0 fully saturated rings. The van der Waals surface area contributed by atoms with Crippen LogP contribution in [-0.2, 0) is 16.1 Å². The van der Waals surface area contributed by atoms with E-state index in [2.05, 4.69) is 4.99 Å². The lowest BCUT2D eigenvalue weighted by Gasteiger charge is -2.24. The highest BCUT2D eigenvalue weighted by Crippen LogP contribution is 2.31. The third kappa shape index (κ3) is 4.90. The van der Waals surface area contributed by atoms with Crippen molar-refractivity contribution in [1.82, 2.24) is 4.57 Å². The Bertz CT molecular complexity index is 1710. The first kappa shape index (κ1) is 24.5. The van der Waals surface area contributed by atoms with Gasteiger partial charge in [0.05, 0.1) is 21.8 Å². The Morgan fingerprint density at radius 1 is 1.03 bits per heavy atom. The van der Waals surface area contributed by atoms with Gasteiger partial charge in [-0.1, -0.05) is 59.9 Å². The summed E-state index contributed by atoms with van der Waals surface area (Å²) in [5.41, 5.74) is 1.59. The molecule has 0 saturated carbocycles. The van der Waals surface area contributed by atoms with Gasteiger partial charge in [-0.05, 0) is 54.0 Å². The van der Waals surface area contributed by atoms with Gasteiger partial charge >= 0.3 is 5.97 Å². The molecule has 186 valence electrons. The zero-order valence-electron chi connectivity index (χ0n) is 19.5. The van der Waals surface area contributed by atoms with Gasteiger partial charge in [0, 0.05) is 0 Å². The maximum Gasteiger partial charge on any atom is 0.338 e. The molecule has 37 heavy (non-hydrogen) atoms. The van der Waals surface area contributed by atoms with Crippen LogP contribution in [0, 0.1) is 17.5 Å². The zero-order chi connectivity index (χ0) is 26.1. The monoisotopic (exact) mass is 520 g/mol. The summed E-state index contributed by atoms with van der Waals surface area (Å²) in [5.74, 6) is -3.16. The molecular weight excluding hydrogens is 501 g/mol. The van der Waals surface area contributed by atoms with Gasteiger partial charge in [0.1, 0.15) is 12.4 Å². The minimum atomic E-state index is -1.04. The number of ether oxygens (including phenoxy) is 1. The first-order valence-corrected chi connectivity index (χ1v) is 12.1. The Morgan fingerprint density at radius 2 is 1.76 bits per heavy atom. The number of benzene rings is 3. The topological polar surface area (TPSA) is 60.7 Å². The highest BCUT2D eigenvalue weighted by atomic mass is 32.1. The molecule has 2 heterocycles. The molecule has 3 aromatic carbocycles. The van der Waals surface area contributed by atoms with Crippen molar-refractivity contribution in [2.75, 3.05) is 0 Å². The number of carbonyl (C=O) groups is 1. The number of hydrogen-bond donors (Lipinski definition) is 0.